The maximum atomic E-state index is 12.1. The van der Waals surface area contributed by atoms with E-state index in [4.69, 9.17) is 0 Å². The number of aliphatic hydroxyl groups excluding tert-OH is 1. The number of benzene rings is 2. The zero-order valence-electron chi connectivity index (χ0n) is 11.4. The fourth-order valence-corrected chi connectivity index (χ4v) is 3.11. The van der Waals surface area contributed by atoms with E-state index in [1.807, 2.05) is 0 Å². The molecular formula is C14H14N2O5S. The van der Waals surface area contributed by atoms with Crippen LogP contribution in [0.5, 0.6) is 0 Å². The summed E-state index contributed by atoms with van der Waals surface area (Å²) in [7, 11) is -3.94. The Hall–Kier alpha value is -2.45. The molecule has 2 aromatic carbocycles. The molecule has 0 saturated carbocycles. The van der Waals surface area contributed by atoms with Crippen LogP contribution in [-0.4, -0.2) is 24.2 Å². The highest BCUT2D eigenvalue weighted by atomic mass is 32.2. The van der Waals surface area contributed by atoms with Crippen LogP contribution in [0.3, 0.4) is 0 Å². The molecule has 2 N–H and O–H groups in total. The normalized spacial score (nSPS) is 12.6. The summed E-state index contributed by atoms with van der Waals surface area (Å²) in [5.74, 6) is -0.594. The first-order valence-electron chi connectivity index (χ1n) is 6.36. The molecule has 7 nitrogen and oxygen atoms in total. The van der Waals surface area contributed by atoms with Crippen molar-refractivity contribution in [3.63, 3.8) is 0 Å². The highest BCUT2D eigenvalue weighted by Gasteiger charge is 2.22. The second-order valence-corrected chi connectivity index (χ2v) is 6.35. The minimum absolute atomic E-state index is 0.132. The fourth-order valence-electron chi connectivity index (χ4n) is 1.91. The molecule has 0 radical (unpaired) electrons. The van der Waals surface area contributed by atoms with Gasteiger partial charge in [-0.2, -0.15) is 0 Å². The third kappa shape index (κ3) is 4.03. The van der Waals surface area contributed by atoms with Crippen molar-refractivity contribution < 1.29 is 18.4 Å². The number of sulfonamides is 1. The summed E-state index contributed by atoms with van der Waals surface area (Å²) in [6.45, 7) is 0. The van der Waals surface area contributed by atoms with Crippen LogP contribution in [0.25, 0.3) is 0 Å². The first-order valence-corrected chi connectivity index (χ1v) is 8.01. The summed E-state index contributed by atoms with van der Waals surface area (Å²) >= 11 is 0. The van der Waals surface area contributed by atoms with Gasteiger partial charge in [0.15, 0.2) is 0 Å². The van der Waals surface area contributed by atoms with Crippen LogP contribution in [0, 0.1) is 10.1 Å². The van der Waals surface area contributed by atoms with Crippen LogP contribution in [0.15, 0.2) is 54.6 Å². The minimum Gasteiger partial charge on any atom is -0.387 e. The largest absolute Gasteiger partial charge is 0.387 e. The van der Waals surface area contributed by atoms with E-state index in [9.17, 15) is 23.6 Å². The molecule has 0 spiro atoms. The fraction of sp³-hybridized carbons (Fsp3) is 0.143. The summed E-state index contributed by atoms with van der Waals surface area (Å²) in [6.07, 6.45) is -1.22. The Labute approximate surface area is 127 Å². The van der Waals surface area contributed by atoms with E-state index >= 15 is 0 Å². The summed E-state index contributed by atoms with van der Waals surface area (Å²) < 4.78 is 26.3. The van der Waals surface area contributed by atoms with Gasteiger partial charge in [0.2, 0.25) is 10.0 Å². The number of hydrogen-bond acceptors (Lipinski definition) is 5. The Morgan fingerprint density at radius 2 is 1.68 bits per heavy atom. The van der Waals surface area contributed by atoms with Crippen molar-refractivity contribution >= 4 is 21.4 Å². The zero-order chi connectivity index (χ0) is 16.2. The quantitative estimate of drug-likeness (QED) is 0.625. The van der Waals surface area contributed by atoms with Crippen LogP contribution >= 0.6 is 0 Å². The predicted molar refractivity (Wildman–Crippen MR) is 81.9 cm³/mol. The number of anilines is 1. The average Bonchev–Trinajstić information content (AvgIpc) is 2.47. The van der Waals surface area contributed by atoms with Gasteiger partial charge in [0, 0.05) is 6.07 Å². The number of hydrogen-bond donors (Lipinski definition) is 2. The van der Waals surface area contributed by atoms with E-state index in [0.29, 0.717) is 5.56 Å². The number of nitro benzene ring substituents is 1. The van der Waals surface area contributed by atoms with E-state index in [1.165, 1.54) is 24.3 Å². The molecular weight excluding hydrogens is 308 g/mol. The van der Waals surface area contributed by atoms with E-state index in [1.54, 1.807) is 30.3 Å². The van der Waals surface area contributed by atoms with E-state index in [0.717, 1.165) is 0 Å². The highest BCUT2D eigenvalue weighted by molar-refractivity contribution is 7.92. The first-order chi connectivity index (χ1) is 10.4. The molecule has 0 aliphatic carbocycles. The van der Waals surface area contributed by atoms with Crippen molar-refractivity contribution in [3.05, 3.63) is 70.3 Å². The number of para-hydroxylation sites is 2. The number of rotatable bonds is 6. The third-order valence-electron chi connectivity index (χ3n) is 2.93. The predicted octanol–water partition coefficient (Wildman–Crippen LogP) is 2.07. The van der Waals surface area contributed by atoms with Crippen molar-refractivity contribution in [1.29, 1.82) is 0 Å². The molecule has 0 fully saturated rings. The Morgan fingerprint density at radius 1 is 1.09 bits per heavy atom. The van der Waals surface area contributed by atoms with Gasteiger partial charge in [0.1, 0.15) is 5.69 Å². The lowest BCUT2D eigenvalue weighted by Crippen LogP contribution is -2.22. The van der Waals surface area contributed by atoms with Gasteiger partial charge >= 0.3 is 0 Å². The monoisotopic (exact) mass is 322 g/mol. The van der Waals surface area contributed by atoms with Crippen LogP contribution < -0.4 is 4.72 Å². The van der Waals surface area contributed by atoms with E-state index < -0.39 is 26.8 Å². The lowest BCUT2D eigenvalue weighted by molar-refractivity contribution is -0.383. The van der Waals surface area contributed by atoms with Gasteiger partial charge in [0.25, 0.3) is 5.69 Å². The Morgan fingerprint density at radius 3 is 2.32 bits per heavy atom. The second-order valence-electron chi connectivity index (χ2n) is 4.58. The van der Waals surface area contributed by atoms with Gasteiger partial charge in [-0.05, 0) is 11.6 Å². The maximum Gasteiger partial charge on any atom is 0.293 e. The molecule has 2 aromatic rings. The molecule has 1 unspecified atom stereocenters. The van der Waals surface area contributed by atoms with E-state index in [2.05, 4.69) is 4.72 Å². The van der Waals surface area contributed by atoms with E-state index in [-0.39, 0.29) is 11.4 Å². The smallest absolute Gasteiger partial charge is 0.293 e. The molecule has 116 valence electrons. The van der Waals surface area contributed by atoms with Crippen molar-refractivity contribution in [2.24, 2.45) is 0 Å². The van der Waals surface area contributed by atoms with Crippen molar-refractivity contribution in [1.82, 2.24) is 0 Å². The standard InChI is InChI=1S/C14H14N2O5S/c17-14(11-6-2-1-3-7-11)10-22(20,21)15-12-8-4-5-9-13(12)16(18)19/h1-9,14-15,17H,10H2. The molecule has 0 bridgehead atoms. The molecule has 0 amide bonds. The number of nitrogens with one attached hydrogen (secondary N) is 1. The SMILES string of the molecule is O=[N+]([O-])c1ccccc1NS(=O)(=O)CC(O)c1ccccc1. The molecule has 8 heteroatoms. The maximum absolute atomic E-state index is 12.1. The van der Waals surface area contributed by atoms with Gasteiger partial charge < -0.3 is 5.11 Å². The van der Waals surface area contributed by atoms with Crippen molar-refractivity contribution in [3.8, 4) is 0 Å². The van der Waals surface area contributed by atoms with Gasteiger partial charge in [-0.3, -0.25) is 14.8 Å². The summed E-state index contributed by atoms with van der Waals surface area (Å²) in [6, 6.07) is 13.7. The number of aliphatic hydroxyl groups is 1. The molecule has 0 aliphatic rings. The van der Waals surface area contributed by atoms with Gasteiger partial charge in [-0.1, -0.05) is 42.5 Å². The molecule has 0 aromatic heterocycles. The molecule has 22 heavy (non-hydrogen) atoms. The van der Waals surface area contributed by atoms with Gasteiger partial charge in [-0.15, -0.1) is 0 Å². The molecule has 0 aliphatic heterocycles. The first kappa shape index (κ1) is 15.9. The van der Waals surface area contributed by atoms with Crippen molar-refractivity contribution in [2.75, 3.05) is 10.5 Å². The molecule has 2 rings (SSSR count). The van der Waals surface area contributed by atoms with Gasteiger partial charge in [0.05, 0.1) is 16.8 Å². The van der Waals surface area contributed by atoms with Gasteiger partial charge in [-0.25, -0.2) is 8.42 Å². The Bertz CT molecular complexity index is 762. The van der Waals surface area contributed by atoms with Crippen LogP contribution in [0.4, 0.5) is 11.4 Å². The van der Waals surface area contributed by atoms with Crippen molar-refractivity contribution in [2.45, 2.75) is 6.10 Å². The lowest BCUT2D eigenvalue weighted by Gasteiger charge is -2.13. The third-order valence-corrected chi connectivity index (χ3v) is 4.21. The van der Waals surface area contributed by atoms with Crippen LogP contribution in [-0.2, 0) is 10.0 Å². The van der Waals surface area contributed by atoms with Crippen LogP contribution in [0.1, 0.15) is 11.7 Å². The second kappa shape index (κ2) is 6.54. The highest BCUT2D eigenvalue weighted by Crippen LogP contribution is 2.25. The molecule has 0 heterocycles. The average molecular weight is 322 g/mol. The number of nitrogens with zero attached hydrogens (tertiary/aromatic N) is 1. The summed E-state index contributed by atoms with van der Waals surface area (Å²) in [5.41, 5.74) is -0.0246. The van der Waals surface area contributed by atoms with Crippen LogP contribution in [0.2, 0.25) is 0 Å². The number of nitro groups is 1. The molecule has 1 atom stereocenters. The Balaban J connectivity index is 2.17. The topological polar surface area (TPSA) is 110 Å². The minimum atomic E-state index is -3.94. The Kier molecular flexibility index (Phi) is 4.74. The zero-order valence-corrected chi connectivity index (χ0v) is 12.2. The lowest BCUT2D eigenvalue weighted by atomic mass is 10.1. The summed E-state index contributed by atoms with van der Waals surface area (Å²) in [4.78, 5) is 10.2. The molecule has 0 saturated heterocycles. The summed E-state index contributed by atoms with van der Waals surface area (Å²) in [5, 5.41) is 20.8.